The molecule has 0 saturated carbocycles. The molecule has 0 fully saturated rings. The smallest absolute Gasteiger partial charge is 0.472 e. The van der Waals surface area contributed by atoms with Gasteiger partial charge in [0.15, 0.2) is 0 Å². The van der Waals surface area contributed by atoms with E-state index in [0.717, 1.165) is 109 Å². The fourth-order valence-corrected chi connectivity index (χ4v) is 6.69. The number of unbranched alkanes of at least 4 members (excludes halogenated alkanes) is 12. The third-order valence-corrected chi connectivity index (χ3v) is 10.5. The first-order valence-electron chi connectivity index (χ1n) is 23.9. The van der Waals surface area contributed by atoms with Crippen LogP contribution in [0.2, 0.25) is 0 Å². The molecule has 358 valence electrons. The number of carbonyl (C=O) groups is 2. The Morgan fingerprint density at radius 3 is 1.30 bits per heavy atom. The molecule has 0 aliphatic heterocycles. The highest BCUT2D eigenvalue weighted by molar-refractivity contribution is 7.47. The molecular weight excluding hydrogens is 814 g/mol. The minimum atomic E-state index is -4.64. The molecule has 0 amide bonds. The lowest BCUT2D eigenvalue weighted by atomic mass is 10.1. The zero-order chi connectivity index (χ0) is 46.2. The minimum absolute atomic E-state index is 0.00657. The predicted octanol–water partition coefficient (Wildman–Crippen LogP) is 13.9. The molecule has 0 spiro atoms. The van der Waals surface area contributed by atoms with E-state index in [9.17, 15) is 19.0 Å². The topological polar surface area (TPSA) is 155 Å². The van der Waals surface area contributed by atoms with E-state index in [4.69, 9.17) is 29.4 Å². The van der Waals surface area contributed by atoms with E-state index in [0.29, 0.717) is 13.0 Å². The van der Waals surface area contributed by atoms with Crippen LogP contribution in [0.25, 0.3) is 0 Å². The number of hydrogen-bond donors (Lipinski definition) is 3. The number of rotatable bonds is 44. The number of nitrogens with two attached hydrogens (primary N) is 1. The molecular formula is C52H86NO9P. The second kappa shape index (κ2) is 46.6. The van der Waals surface area contributed by atoms with Gasteiger partial charge in [-0.25, -0.2) is 4.57 Å². The van der Waals surface area contributed by atoms with Crippen LogP contribution in [0.3, 0.4) is 0 Å². The Morgan fingerprint density at radius 2 is 0.873 bits per heavy atom. The molecule has 0 aromatic carbocycles. The van der Waals surface area contributed by atoms with E-state index in [1.54, 1.807) is 0 Å². The Balaban J connectivity index is 4.29. The molecule has 0 heterocycles. The molecule has 0 bridgehead atoms. The van der Waals surface area contributed by atoms with Gasteiger partial charge in [-0.05, 0) is 96.3 Å². The van der Waals surface area contributed by atoms with Gasteiger partial charge in [0.2, 0.25) is 0 Å². The number of phosphoric ester groups is 1. The van der Waals surface area contributed by atoms with Crippen LogP contribution in [0.1, 0.15) is 168 Å². The molecule has 0 aliphatic rings. The number of allylic oxidation sites excluding steroid dienone is 18. The standard InChI is InChI=1S/C52H86NO9P/c1-3-5-7-9-11-13-15-17-19-21-23-24-25-26-27-28-30-32-34-36-38-40-42-44-51(54)62-49(47-60-63(57,58)61-48-50(53)52(55)56)46-59-45-43-41-39-37-35-33-31-29-22-20-18-16-14-12-10-8-6-4-2/h5-8,11-14,17-20,23-24,26-27,30,32,49-50H,3-4,9-10,15-16,21-22,25,28-29,31,33-48,53H2,1-2H3,(H,55,56)(H,57,58)/b7-5-,8-6-,13-11-,14-12-,19-17-,20-18-,24-23-,27-26-,32-30-. The van der Waals surface area contributed by atoms with Crippen molar-refractivity contribution in [2.45, 2.75) is 180 Å². The summed E-state index contributed by atoms with van der Waals surface area (Å²) in [4.78, 5) is 33.6. The van der Waals surface area contributed by atoms with Gasteiger partial charge < -0.3 is 25.2 Å². The molecule has 10 nitrogen and oxygen atoms in total. The van der Waals surface area contributed by atoms with Crippen LogP contribution in [0.5, 0.6) is 0 Å². The van der Waals surface area contributed by atoms with E-state index >= 15 is 0 Å². The molecule has 0 saturated heterocycles. The second-order valence-electron chi connectivity index (χ2n) is 15.5. The number of aliphatic carboxylic acids is 1. The van der Waals surface area contributed by atoms with Crippen molar-refractivity contribution in [1.29, 1.82) is 0 Å². The summed E-state index contributed by atoms with van der Waals surface area (Å²) in [6.07, 6.45) is 62.8. The first-order valence-corrected chi connectivity index (χ1v) is 25.4. The molecule has 63 heavy (non-hydrogen) atoms. The highest BCUT2D eigenvalue weighted by atomic mass is 31.2. The summed E-state index contributed by atoms with van der Waals surface area (Å²) in [6, 6.07) is -1.49. The van der Waals surface area contributed by atoms with Gasteiger partial charge in [-0.15, -0.1) is 0 Å². The lowest BCUT2D eigenvalue weighted by Crippen LogP contribution is -2.34. The third kappa shape index (κ3) is 46.4. The van der Waals surface area contributed by atoms with Crippen LogP contribution >= 0.6 is 7.82 Å². The SMILES string of the molecule is CC/C=C\C/C=C\C/C=C\C/C=C\C/C=C\C/C=C\CCCCCCC(=O)OC(COCCCCCCCCCC/C=C\C/C=C\C/C=C\CC)COP(=O)(O)OCC(N)C(=O)O. The van der Waals surface area contributed by atoms with Gasteiger partial charge in [0.05, 0.1) is 19.8 Å². The van der Waals surface area contributed by atoms with Gasteiger partial charge in [-0.1, -0.05) is 175 Å². The molecule has 11 heteroatoms. The molecule has 0 aliphatic carbocycles. The van der Waals surface area contributed by atoms with Crippen molar-refractivity contribution in [3.05, 3.63) is 109 Å². The number of carbonyl (C=O) groups excluding carboxylic acids is 1. The van der Waals surface area contributed by atoms with Crippen LogP contribution < -0.4 is 5.73 Å². The molecule has 3 unspecified atom stereocenters. The van der Waals surface area contributed by atoms with E-state index in [-0.39, 0.29) is 13.0 Å². The van der Waals surface area contributed by atoms with Crippen LogP contribution in [0.4, 0.5) is 0 Å². The summed E-state index contributed by atoms with van der Waals surface area (Å²) in [6.45, 7) is 3.59. The monoisotopic (exact) mass is 900 g/mol. The largest absolute Gasteiger partial charge is 0.480 e. The van der Waals surface area contributed by atoms with E-state index < -0.39 is 45.1 Å². The maximum atomic E-state index is 12.7. The Morgan fingerprint density at radius 1 is 0.508 bits per heavy atom. The highest BCUT2D eigenvalue weighted by Gasteiger charge is 2.27. The average Bonchev–Trinajstić information content (AvgIpc) is 3.26. The Labute approximate surface area is 382 Å². The van der Waals surface area contributed by atoms with Crippen molar-refractivity contribution >= 4 is 19.8 Å². The van der Waals surface area contributed by atoms with Gasteiger partial charge in [-0.3, -0.25) is 18.6 Å². The quantitative estimate of drug-likeness (QED) is 0.0233. The van der Waals surface area contributed by atoms with Crippen molar-refractivity contribution < 1.29 is 42.7 Å². The Hall–Kier alpha value is -3.37. The first kappa shape index (κ1) is 59.6. The fraction of sp³-hybridized carbons (Fsp3) is 0.615. The van der Waals surface area contributed by atoms with Crippen LogP contribution in [-0.4, -0.2) is 60.5 Å². The molecule has 0 radical (unpaired) electrons. The average molecular weight is 900 g/mol. The number of phosphoric acid groups is 1. The highest BCUT2D eigenvalue weighted by Crippen LogP contribution is 2.43. The number of esters is 1. The maximum Gasteiger partial charge on any atom is 0.472 e. The Kier molecular flexibility index (Phi) is 44.1. The van der Waals surface area contributed by atoms with Crippen LogP contribution in [-0.2, 0) is 32.7 Å². The molecule has 0 rings (SSSR count). The predicted molar refractivity (Wildman–Crippen MR) is 262 cm³/mol. The van der Waals surface area contributed by atoms with Crippen molar-refractivity contribution in [3.8, 4) is 0 Å². The zero-order valence-corrected chi connectivity index (χ0v) is 40.0. The second-order valence-corrected chi connectivity index (χ2v) is 16.9. The summed E-state index contributed by atoms with van der Waals surface area (Å²) in [5.41, 5.74) is 5.36. The van der Waals surface area contributed by atoms with Crippen molar-refractivity contribution in [3.63, 3.8) is 0 Å². The zero-order valence-electron chi connectivity index (χ0n) is 39.1. The van der Waals surface area contributed by atoms with E-state index in [1.807, 2.05) is 0 Å². The van der Waals surface area contributed by atoms with E-state index in [1.165, 1.54) is 32.1 Å². The number of hydrogen-bond acceptors (Lipinski definition) is 8. The summed E-state index contributed by atoms with van der Waals surface area (Å²) in [5.74, 6) is -1.82. The number of ether oxygens (including phenoxy) is 2. The first-order chi connectivity index (χ1) is 30.7. The fourth-order valence-electron chi connectivity index (χ4n) is 5.91. The lowest BCUT2D eigenvalue weighted by molar-refractivity contribution is -0.154. The summed E-state index contributed by atoms with van der Waals surface area (Å²) in [7, 11) is -4.64. The maximum absolute atomic E-state index is 12.7. The van der Waals surface area contributed by atoms with E-state index in [2.05, 4.69) is 123 Å². The van der Waals surface area contributed by atoms with Gasteiger partial charge in [0, 0.05) is 13.0 Å². The van der Waals surface area contributed by atoms with Gasteiger partial charge in [-0.2, -0.15) is 0 Å². The van der Waals surface area contributed by atoms with Gasteiger partial charge in [0.1, 0.15) is 12.1 Å². The van der Waals surface area contributed by atoms with Gasteiger partial charge in [0.25, 0.3) is 0 Å². The third-order valence-electron chi connectivity index (χ3n) is 9.55. The summed E-state index contributed by atoms with van der Waals surface area (Å²) in [5, 5.41) is 8.92. The molecule has 3 atom stereocenters. The summed E-state index contributed by atoms with van der Waals surface area (Å²) < 4.78 is 33.4. The van der Waals surface area contributed by atoms with Crippen molar-refractivity contribution in [2.75, 3.05) is 26.4 Å². The molecule has 4 N–H and O–H groups in total. The van der Waals surface area contributed by atoms with Crippen molar-refractivity contribution in [2.24, 2.45) is 5.73 Å². The lowest BCUT2D eigenvalue weighted by Gasteiger charge is -2.20. The summed E-state index contributed by atoms with van der Waals surface area (Å²) >= 11 is 0. The van der Waals surface area contributed by atoms with Crippen LogP contribution in [0.15, 0.2) is 109 Å². The minimum Gasteiger partial charge on any atom is -0.480 e. The number of carboxylic acids is 1. The normalized spacial score (nSPS) is 14.7. The molecule has 0 aromatic heterocycles. The van der Waals surface area contributed by atoms with Gasteiger partial charge >= 0.3 is 19.8 Å². The molecule has 0 aromatic rings. The van der Waals surface area contributed by atoms with Crippen molar-refractivity contribution in [1.82, 2.24) is 0 Å². The Bertz CT molecular complexity index is 1410. The number of carboxylic acid groups (broad SMARTS) is 1. The van der Waals surface area contributed by atoms with Crippen LogP contribution in [0, 0.1) is 0 Å².